The zero-order valence-corrected chi connectivity index (χ0v) is 14.1. The van der Waals surface area contributed by atoms with Crippen LogP contribution in [0.3, 0.4) is 0 Å². The number of nitrogens with one attached hydrogen (secondary N) is 2. The molecule has 2 heterocycles. The zero-order valence-electron chi connectivity index (χ0n) is 14.1. The summed E-state index contributed by atoms with van der Waals surface area (Å²) in [6.07, 6.45) is 2.52. The Balaban J connectivity index is 1.54. The molecule has 0 bridgehead atoms. The number of nitrogens with zero attached hydrogens (tertiary/aromatic N) is 2. The molecule has 0 aliphatic carbocycles. The third-order valence-electron chi connectivity index (χ3n) is 4.42. The molecule has 3 aromatic rings. The van der Waals surface area contributed by atoms with Gasteiger partial charge in [-0.2, -0.15) is 4.98 Å². The van der Waals surface area contributed by atoms with Crippen LogP contribution in [0.15, 0.2) is 54.6 Å². The zero-order chi connectivity index (χ0) is 16.9. The smallest absolute Gasteiger partial charge is 0.225 e. The fourth-order valence-electron chi connectivity index (χ4n) is 3.08. The maximum Gasteiger partial charge on any atom is 0.225 e. The SMILES string of the molecule is c1ccc(CNc2nc(NCC3CCCO3)c3ccccc3n2)cc1. The molecule has 128 valence electrons. The summed E-state index contributed by atoms with van der Waals surface area (Å²) in [4.78, 5) is 9.33. The average Bonchev–Trinajstić information content (AvgIpc) is 3.19. The Morgan fingerprint density at radius 2 is 1.80 bits per heavy atom. The van der Waals surface area contributed by atoms with Crippen LogP contribution in [0, 0.1) is 0 Å². The molecule has 1 aliphatic rings. The summed E-state index contributed by atoms with van der Waals surface area (Å²) in [7, 11) is 0. The summed E-state index contributed by atoms with van der Waals surface area (Å²) in [6, 6.07) is 18.3. The van der Waals surface area contributed by atoms with Crippen molar-refractivity contribution in [3.05, 3.63) is 60.2 Å². The normalized spacial score (nSPS) is 16.9. The first-order valence-corrected chi connectivity index (χ1v) is 8.78. The summed E-state index contributed by atoms with van der Waals surface area (Å²) in [6.45, 7) is 2.34. The molecule has 25 heavy (non-hydrogen) atoms. The molecule has 4 rings (SSSR count). The predicted molar refractivity (Wildman–Crippen MR) is 101 cm³/mol. The van der Waals surface area contributed by atoms with Crippen molar-refractivity contribution in [1.82, 2.24) is 9.97 Å². The number of anilines is 2. The minimum Gasteiger partial charge on any atom is -0.376 e. The van der Waals surface area contributed by atoms with Gasteiger partial charge >= 0.3 is 0 Å². The lowest BCUT2D eigenvalue weighted by Crippen LogP contribution is -2.19. The van der Waals surface area contributed by atoms with Gasteiger partial charge < -0.3 is 15.4 Å². The predicted octanol–water partition coefficient (Wildman–Crippen LogP) is 3.83. The van der Waals surface area contributed by atoms with Crippen molar-refractivity contribution in [2.45, 2.75) is 25.5 Å². The van der Waals surface area contributed by atoms with Gasteiger partial charge in [-0.15, -0.1) is 0 Å². The highest BCUT2D eigenvalue weighted by Gasteiger charge is 2.16. The van der Waals surface area contributed by atoms with Crippen LogP contribution in [-0.4, -0.2) is 29.2 Å². The summed E-state index contributed by atoms with van der Waals surface area (Å²) in [5, 5.41) is 7.81. The lowest BCUT2D eigenvalue weighted by atomic mass is 10.2. The van der Waals surface area contributed by atoms with E-state index in [-0.39, 0.29) is 6.10 Å². The maximum absolute atomic E-state index is 5.70. The Morgan fingerprint density at radius 3 is 2.64 bits per heavy atom. The van der Waals surface area contributed by atoms with E-state index in [1.165, 1.54) is 5.56 Å². The molecular formula is C20H22N4O. The Kier molecular flexibility index (Phi) is 4.74. The van der Waals surface area contributed by atoms with E-state index < -0.39 is 0 Å². The van der Waals surface area contributed by atoms with Crippen LogP contribution in [-0.2, 0) is 11.3 Å². The highest BCUT2D eigenvalue weighted by atomic mass is 16.5. The number of fused-ring (bicyclic) bond motifs is 1. The standard InChI is InChI=1S/C20H22N4O/c1-2-7-15(8-3-1)13-22-20-23-18-11-5-4-10-17(18)19(24-20)21-14-16-9-6-12-25-16/h1-5,7-8,10-11,16H,6,9,12-14H2,(H2,21,22,23,24). The van der Waals surface area contributed by atoms with Gasteiger partial charge in [0.15, 0.2) is 0 Å². The minimum absolute atomic E-state index is 0.273. The van der Waals surface area contributed by atoms with E-state index in [1.807, 2.05) is 42.5 Å². The molecule has 1 unspecified atom stereocenters. The monoisotopic (exact) mass is 334 g/mol. The summed E-state index contributed by atoms with van der Waals surface area (Å²) in [5.74, 6) is 1.49. The van der Waals surface area contributed by atoms with Crippen LogP contribution in [0.5, 0.6) is 0 Å². The van der Waals surface area contributed by atoms with E-state index in [0.717, 1.165) is 42.7 Å². The van der Waals surface area contributed by atoms with Crippen molar-refractivity contribution in [3.63, 3.8) is 0 Å². The largest absolute Gasteiger partial charge is 0.376 e. The molecule has 1 fully saturated rings. The van der Waals surface area contributed by atoms with Crippen molar-refractivity contribution in [2.24, 2.45) is 0 Å². The lowest BCUT2D eigenvalue weighted by Gasteiger charge is -2.14. The van der Waals surface area contributed by atoms with Crippen LogP contribution < -0.4 is 10.6 Å². The molecule has 1 aliphatic heterocycles. The molecule has 1 aromatic heterocycles. The van der Waals surface area contributed by atoms with Gasteiger partial charge in [-0.25, -0.2) is 4.98 Å². The van der Waals surface area contributed by atoms with Gasteiger partial charge in [-0.3, -0.25) is 0 Å². The number of rotatable bonds is 6. The molecule has 2 aromatic carbocycles. The molecule has 0 radical (unpaired) electrons. The van der Waals surface area contributed by atoms with E-state index in [4.69, 9.17) is 4.74 Å². The second-order valence-electron chi connectivity index (χ2n) is 6.27. The van der Waals surface area contributed by atoms with E-state index >= 15 is 0 Å². The van der Waals surface area contributed by atoms with Crippen molar-refractivity contribution >= 4 is 22.7 Å². The van der Waals surface area contributed by atoms with E-state index in [0.29, 0.717) is 12.5 Å². The summed E-state index contributed by atoms with van der Waals surface area (Å²) >= 11 is 0. The van der Waals surface area contributed by atoms with Gasteiger partial charge in [0, 0.05) is 25.1 Å². The van der Waals surface area contributed by atoms with E-state index in [1.54, 1.807) is 0 Å². The molecule has 2 N–H and O–H groups in total. The quantitative estimate of drug-likeness (QED) is 0.717. The van der Waals surface area contributed by atoms with E-state index in [2.05, 4.69) is 32.7 Å². The average molecular weight is 334 g/mol. The van der Waals surface area contributed by atoms with E-state index in [9.17, 15) is 0 Å². The molecule has 1 atom stereocenters. The Labute approximate surface area is 147 Å². The van der Waals surface area contributed by atoms with Crippen LogP contribution >= 0.6 is 0 Å². The third kappa shape index (κ3) is 3.88. The first-order chi connectivity index (χ1) is 12.4. The number of hydrogen-bond acceptors (Lipinski definition) is 5. The third-order valence-corrected chi connectivity index (χ3v) is 4.42. The fraction of sp³-hybridized carbons (Fsp3) is 0.300. The second kappa shape index (κ2) is 7.49. The molecule has 0 spiro atoms. The van der Waals surface area contributed by atoms with Crippen LogP contribution in [0.1, 0.15) is 18.4 Å². The van der Waals surface area contributed by atoms with Crippen molar-refractivity contribution < 1.29 is 4.74 Å². The Bertz CT molecular complexity index is 831. The van der Waals surface area contributed by atoms with Crippen molar-refractivity contribution in [3.8, 4) is 0 Å². The molecule has 1 saturated heterocycles. The number of aromatic nitrogens is 2. The van der Waals surface area contributed by atoms with Gasteiger partial charge in [0.05, 0.1) is 11.6 Å². The summed E-state index contributed by atoms with van der Waals surface area (Å²) < 4.78 is 5.70. The number of hydrogen-bond donors (Lipinski definition) is 2. The molecular weight excluding hydrogens is 312 g/mol. The molecule has 0 saturated carbocycles. The van der Waals surface area contributed by atoms with Crippen molar-refractivity contribution in [2.75, 3.05) is 23.8 Å². The number of para-hydroxylation sites is 1. The first kappa shape index (κ1) is 15.8. The number of benzene rings is 2. The van der Waals surface area contributed by atoms with Crippen LogP contribution in [0.4, 0.5) is 11.8 Å². The Morgan fingerprint density at radius 1 is 0.960 bits per heavy atom. The highest BCUT2D eigenvalue weighted by molar-refractivity contribution is 5.90. The van der Waals surface area contributed by atoms with Gasteiger partial charge in [0.2, 0.25) is 5.95 Å². The number of ether oxygens (including phenoxy) is 1. The van der Waals surface area contributed by atoms with Gasteiger partial charge in [-0.05, 0) is 30.5 Å². The Hall–Kier alpha value is -2.66. The van der Waals surface area contributed by atoms with Gasteiger partial charge in [-0.1, -0.05) is 42.5 Å². The minimum atomic E-state index is 0.273. The van der Waals surface area contributed by atoms with Gasteiger partial charge in [0.25, 0.3) is 0 Å². The molecule has 0 amide bonds. The summed E-state index contributed by atoms with van der Waals surface area (Å²) in [5.41, 5.74) is 2.14. The highest BCUT2D eigenvalue weighted by Crippen LogP contribution is 2.23. The molecule has 5 heteroatoms. The molecule has 5 nitrogen and oxygen atoms in total. The lowest BCUT2D eigenvalue weighted by molar-refractivity contribution is 0.120. The van der Waals surface area contributed by atoms with Crippen LogP contribution in [0.25, 0.3) is 10.9 Å². The topological polar surface area (TPSA) is 59.1 Å². The maximum atomic E-state index is 5.70. The van der Waals surface area contributed by atoms with Gasteiger partial charge in [0.1, 0.15) is 5.82 Å². The van der Waals surface area contributed by atoms with Crippen LogP contribution in [0.2, 0.25) is 0 Å². The van der Waals surface area contributed by atoms with Crippen molar-refractivity contribution in [1.29, 1.82) is 0 Å². The first-order valence-electron chi connectivity index (χ1n) is 8.78. The second-order valence-corrected chi connectivity index (χ2v) is 6.27. The fourth-order valence-corrected chi connectivity index (χ4v) is 3.08.